The largest absolute Gasteiger partial charge is 0.497 e. The number of hydrogen-bond acceptors (Lipinski definition) is 5. The van der Waals surface area contributed by atoms with Gasteiger partial charge in [0, 0.05) is 37.7 Å². The van der Waals surface area contributed by atoms with Crippen LogP contribution in [0.25, 0.3) is 0 Å². The normalized spacial score (nSPS) is 12.0. The summed E-state index contributed by atoms with van der Waals surface area (Å²) in [6.45, 7) is 0. The van der Waals surface area contributed by atoms with Crippen LogP contribution >= 0.6 is 11.8 Å². The first kappa shape index (κ1) is 21.7. The minimum absolute atomic E-state index is 0.220. The van der Waals surface area contributed by atoms with Crippen LogP contribution in [-0.2, 0) is 0 Å². The van der Waals surface area contributed by atoms with Crippen molar-refractivity contribution in [2.45, 2.75) is 9.79 Å². The average Bonchev–Trinajstić information content (AvgIpc) is 2.88. The van der Waals surface area contributed by atoms with Gasteiger partial charge in [-0.15, -0.1) is 0 Å². The van der Waals surface area contributed by atoms with Crippen molar-refractivity contribution < 1.29 is 19.1 Å². The zero-order valence-corrected chi connectivity index (χ0v) is 19.0. The molecular weight excluding hydrogens is 446 g/mol. The van der Waals surface area contributed by atoms with E-state index < -0.39 is 0 Å². The fourth-order valence-corrected chi connectivity index (χ4v) is 5.02. The van der Waals surface area contributed by atoms with Crippen LogP contribution in [-0.4, -0.2) is 24.6 Å². The quantitative estimate of drug-likeness (QED) is 0.351. The topological polar surface area (TPSA) is 72.5 Å². The van der Waals surface area contributed by atoms with Crippen molar-refractivity contribution in [2.75, 3.05) is 12.4 Å². The lowest BCUT2D eigenvalue weighted by molar-refractivity contribution is 0.0975. The van der Waals surface area contributed by atoms with E-state index in [-0.39, 0.29) is 23.0 Å². The van der Waals surface area contributed by atoms with Gasteiger partial charge in [0.1, 0.15) is 5.75 Å². The lowest BCUT2D eigenvalue weighted by Crippen LogP contribution is -2.24. The van der Waals surface area contributed by atoms with Gasteiger partial charge in [0.15, 0.2) is 11.6 Å². The van der Waals surface area contributed by atoms with E-state index in [4.69, 9.17) is 4.74 Å². The van der Waals surface area contributed by atoms with E-state index in [1.807, 2.05) is 30.3 Å². The van der Waals surface area contributed by atoms with Gasteiger partial charge in [-0.3, -0.25) is 14.4 Å². The molecule has 166 valence electrons. The van der Waals surface area contributed by atoms with Gasteiger partial charge in [0.25, 0.3) is 5.91 Å². The zero-order valence-electron chi connectivity index (χ0n) is 18.2. The third-order valence-electron chi connectivity index (χ3n) is 5.60. The van der Waals surface area contributed by atoms with Crippen molar-refractivity contribution in [3.63, 3.8) is 0 Å². The van der Waals surface area contributed by atoms with E-state index in [0.29, 0.717) is 38.6 Å². The fourth-order valence-electron chi connectivity index (χ4n) is 3.92. The molecule has 0 aliphatic heterocycles. The summed E-state index contributed by atoms with van der Waals surface area (Å²) in [5.74, 6) is -0.176. The van der Waals surface area contributed by atoms with E-state index in [1.54, 1.807) is 67.8 Å². The monoisotopic (exact) mass is 465 g/mol. The Labute approximate surface area is 200 Å². The first-order chi connectivity index (χ1) is 16.6. The van der Waals surface area contributed by atoms with Crippen molar-refractivity contribution in [1.29, 1.82) is 0 Å². The minimum atomic E-state index is -0.370. The Balaban J connectivity index is 1.62. The maximum absolute atomic E-state index is 13.6. The van der Waals surface area contributed by atoms with Crippen LogP contribution in [0, 0.1) is 0 Å². The molecule has 4 aromatic carbocycles. The van der Waals surface area contributed by atoms with Crippen molar-refractivity contribution in [3.05, 3.63) is 119 Å². The predicted molar refractivity (Wildman–Crippen MR) is 131 cm³/mol. The Bertz CT molecular complexity index is 1430. The second-order valence-electron chi connectivity index (χ2n) is 7.67. The number of nitrogens with one attached hydrogen (secondary N) is 1. The number of benzene rings is 4. The second-order valence-corrected chi connectivity index (χ2v) is 8.75. The lowest BCUT2D eigenvalue weighted by atomic mass is 9.83. The Hall–Kier alpha value is -4.16. The molecule has 0 spiro atoms. The molecule has 0 aromatic heterocycles. The fraction of sp³-hybridized carbons (Fsp3) is 0.0357. The number of methoxy groups -OCH3 is 1. The second kappa shape index (κ2) is 9.00. The Kier molecular flexibility index (Phi) is 5.74. The minimum Gasteiger partial charge on any atom is -0.497 e. The SMILES string of the molecule is COc1ccc(NC(=O)c2ccc3c(c2Sc2ccccc2)C(=O)c2ccccc2C3=O)cc1. The summed E-state index contributed by atoms with van der Waals surface area (Å²) in [7, 11) is 1.57. The zero-order chi connectivity index (χ0) is 23.7. The highest BCUT2D eigenvalue weighted by Gasteiger charge is 2.34. The van der Waals surface area contributed by atoms with Gasteiger partial charge in [-0.2, -0.15) is 0 Å². The smallest absolute Gasteiger partial charge is 0.256 e. The first-order valence-corrected chi connectivity index (χ1v) is 11.4. The molecule has 0 fully saturated rings. The molecule has 0 heterocycles. The number of amides is 1. The van der Waals surface area contributed by atoms with Crippen molar-refractivity contribution >= 4 is 34.9 Å². The number of carbonyl (C=O) groups is 3. The van der Waals surface area contributed by atoms with Crippen LogP contribution in [0.3, 0.4) is 0 Å². The number of anilines is 1. The van der Waals surface area contributed by atoms with Gasteiger partial charge in [-0.1, -0.05) is 54.2 Å². The molecule has 0 unspecified atom stereocenters. The molecule has 1 aliphatic rings. The molecule has 6 heteroatoms. The van der Waals surface area contributed by atoms with Crippen LogP contribution in [0.1, 0.15) is 42.2 Å². The number of ketones is 2. The molecule has 34 heavy (non-hydrogen) atoms. The summed E-state index contributed by atoms with van der Waals surface area (Å²) < 4.78 is 5.17. The molecule has 1 amide bonds. The van der Waals surface area contributed by atoms with Gasteiger partial charge in [-0.25, -0.2) is 0 Å². The molecule has 0 atom stereocenters. The summed E-state index contributed by atoms with van der Waals surface area (Å²) in [6.07, 6.45) is 0. The molecule has 0 saturated heterocycles. The highest BCUT2D eigenvalue weighted by atomic mass is 32.2. The van der Waals surface area contributed by atoms with Gasteiger partial charge >= 0.3 is 0 Å². The summed E-state index contributed by atoms with van der Waals surface area (Å²) in [4.78, 5) is 41.4. The molecular formula is C28H19NO4S. The standard InChI is InChI=1S/C28H19NO4S/c1-33-18-13-11-17(12-14-18)29-28(32)23-16-15-22-24(27(23)34-19-7-3-2-4-8-19)26(31)21-10-6-5-9-20(21)25(22)30/h2-16H,1H3,(H,29,32). The number of ether oxygens (including phenoxy) is 1. The Morgan fingerprint density at radius 2 is 1.38 bits per heavy atom. The Morgan fingerprint density at radius 1 is 0.735 bits per heavy atom. The van der Waals surface area contributed by atoms with Crippen molar-refractivity contribution in [1.82, 2.24) is 0 Å². The van der Waals surface area contributed by atoms with Crippen LogP contribution in [0.4, 0.5) is 5.69 Å². The summed E-state index contributed by atoms with van der Waals surface area (Å²) in [6, 6.07) is 26.4. The highest BCUT2D eigenvalue weighted by molar-refractivity contribution is 7.99. The van der Waals surface area contributed by atoms with E-state index in [9.17, 15) is 14.4 Å². The number of fused-ring (bicyclic) bond motifs is 2. The number of carbonyl (C=O) groups excluding carboxylic acids is 3. The number of hydrogen-bond donors (Lipinski definition) is 1. The van der Waals surface area contributed by atoms with E-state index in [1.165, 1.54) is 11.8 Å². The average molecular weight is 466 g/mol. The molecule has 4 aromatic rings. The van der Waals surface area contributed by atoms with E-state index in [0.717, 1.165) is 4.90 Å². The maximum Gasteiger partial charge on any atom is 0.256 e. The number of rotatable bonds is 5. The molecule has 5 rings (SSSR count). The molecule has 1 N–H and O–H groups in total. The van der Waals surface area contributed by atoms with Gasteiger partial charge in [0.2, 0.25) is 0 Å². The third kappa shape index (κ3) is 3.89. The molecule has 0 bridgehead atoms. The van der Waals surface area contributed by atoms with Crippen LogP contribution < -0.4 is 10.1 Å². The highest BCUT2D eigenvalue weighted by Crippen LogP contribution is 2.39. The van der Waals surface area contributed by atoms with Gasteiger partial charge in [0.05, 0.1) is 12.7 Å². The van der Waals surface area contributed by atoms with Crippen molar-refractivity contribution in [2.24, 2.45) is 0 Å². The van der Waals surface area contributed by atoms with Crippen molar-refractivity contribution in [3.8, 4) is 5.75 Å². The van der Waals surface area contributed by atoms with Gasteiger partial charge in [-0.05, 0) is 48.5 Å². The van der Waals surface area contributed by atoms with Crippen LogP contribution in [0.2, 0.25) is 0 Å². The van der Waals surface area contributed by atoms with Crippen LogP contribution in [0.5, 0.6) is 5.75 Å². The molecule has 0 saturated carbocycles. The van der Waals surface area contributed by atoms with Crippen LogP contribution in [0.15, 0.2) is 101 Å². The van der Waals surface area contributed by atoms with E-state index in [2.05, 4.69) is 5.32 Å². The maximum atomic E-state index is 13.6. The summed E-state index contributed by atoms with van der Waals surface area (Å²) in [5, 5.41) is 2.88. The summed E-state index contributed by atoms with van der Waals surface area (Å²) >= 11 is 1.30. The predicted octanol–water partition coefficient (Wildman–Crippen LogP) is 5.87. The Morgan fingerprint density at radius 3 is 2.06 bits per heavy atom. The molecule has 1 aliphatic carbocycles. The first-order valence-electron chi connectivity index (χ1n) is 10.6. The molecule has 0 radical (unpaired) electrons. The summed E-state index contributed by atoms with van der Waals surface area (Å²) in [5.41, 5.74) is 2.22. The van der Waals surface area contributed by atoms with Gasteiger partial charge < -0.3 is 10.1 Å². The van der Waals surface area contributed by atoms with E-state index >= 15 is 0 Å². The lowest BCUT2D eigenvalue weighted by Gasteiger charge is -2.22. The molecule has 5 nitrogen and oxygen atoms in total. The third-order valence-corrected chi connectivity index (χ3v) is 6.74.